The summed E-state index contributed by atoms with van der Waals surface area (Å²) >= 11 is 1.59. The van der Waals surface area contributed by atoms with Gasteiger partial charge in [0.1, 0.15) is 10.8 Å². The predicted molar refractivity (Wildman–Crippen MR) is 77.3 cm³/mol. The molecular formula is C14H24N2OS. The normalized spacial score (nSPS) is 12.1. The van der Waals surface area contributed by atoms with Crippen molar-refractivity contribution < 1.29 is 4.79 Å². The van der Waals surface area contributed by atoms with Gasteiger partial charge in [0.2, 0.25) is 0 Å². The molecule has 0 aromatic carbocycles. The Morgan fingerprint density at radius 2 is 2.11 bits per heavy atom. The van der Waals surface area contributed by atoms with Crippen LogP contribution in [0.2, 0.25) is 0 Å². The Hall–Kier alpha value is -0.740. The Bertz CT molecular complexity index is 391. The molecule has 0 aliphatic carbocycles. The number of hydrogen-bond acceptors (Lipinski definition) is 4. The molecule has 1 aromatic rings. The maximum absolute atomic E-state index is 11.8. The van der Waals surface area contributed by atoms with Crippen molar-refractivity contribution in [1.82, 2.24) is 10.3 Å². The van der Waals surface area contributed by atoms with Crippen LogP contribution in [0.4, 0.5) is 0 Å². The standard InChI is InChI=1S/C14H24N2OS/c1-10(2)15-7-6-11(17)8-13-16-12(9-18-13)14(3,4)5/h9-10,15H,6-8H2,1-5H3. The SMILES string of the molecule is CC(C)NCCC(=O)Cc1nc(C(C)(C)C)cs1. The summed E-state index contributed by atoms with van der Waals surface area (Å²) in [6, 6.07) is 0.435. The molecule has 4 heteroatoms. The highest BCUT2D eigenvalue weighted by molar-refractivity contribution is 7.09. The average Bonchev–Trinajstić information content (AvgIpc) is 2.64. The molecule has 0 amide bonds. The summed E-state index contributed by atoms with van der Waals surface area (Å²) in [6.07, 6.45) is 1.06. The second-order valence-corrected chi connectivity index (χ2v) is 6.89. The van der Waals surface area contributed by atoms with Gasteiger partial charge in [-0.15, -0.1) is 11.3 Å². The molecule has 0 fully saturated rings. The molecule has 0 unspecified atom stereocenters. The van der Waals surface area contributed by atoms with Gasteiger partial charge in [0.05, 0.1) is 12.1 Å². The molecule has 0 atom stereocenters. The fourth-order valence-corrected chi connectivity index (χ4v) is 2.54. The van der Waals surface area contributed by atoms with Crippen LogP contribution in [0.25, 0.3) is 0 Å². The molecule has 0 radical (unpaired) electrons. The van der Waals surface area contributed by atoms with Crippen molar-refractivity contribution in [2.24, 2.45) is 0 Å². The monoisotopic (exact) mass is 268 g/mol. The highest BCUT2D eigenvalue weighted by Crippen LogP contribution is 2.24. The van der Waals surface area contributed by atoms with Crippen molar-refractivity contribution in [3.05, 3.63) is 16.1 Å². The summed E-state index contributed by atoms with van der Waals surface area (Å²) in [6.45, 7) is 11.3. The molecule has 1 aromatic heterocycles. The first-order valence-electron chi connectivity index (χ1n) is 6.49. The first-order valence-corrected chi connectivity index (χ1v) is 7.37. The molecule has 1 heterocycles. The third kappa shape index (κ3) is 5.27. The maximum Gasteiger partial charge on any atom is 0.140 e. The molecule has 0 saturated heterocycles. The zero-order valence-electron chi connectivity index (χ0n) is 12.0. The van der Waals surface area contributed by atoms with E-state index in [2.05, 4.69) is 50.3 Å². The lowest BCUT2D eigenvalue weighted by Crippen LogP contribution is -2.25. The van der Waals surface area contributed by atoms with Crippen molar-refractivity contribution in [3.8, 4) is 0 Å². The van der Waals surface area contributed by atoms with E-state index in [0.29, 0.717) is 18.9 Å². The second kappa shape index (κ2) is 6.43. The van der Waals surface area contributed by atoms with Crippen molar-refractivity contribution in [1.29, 1.82) is 0 Å². The molecular weight excluding hydrogens is 244 g/mol. The van der Waals surface area contributed by atoms with Gasteiger partial charge in [-0.2, -0.15) is 0 Å². The van der Waals surface area contributed by atoms with Crippen LogP contribution in [0, 0.1) is 0 Å². The van der Waals surface area contributed by atoms with E-state index in [0.717, 1.165) is 17.2 Å². The van der Waals surface area contributed by atoms with Crippen molar-refractivity contribution in [3.63, 3.8) is 0 Å². The van der Waals surface area contributed by atoms with Crippen molar-refractivity contribution in [2.45, 2.75) is 58.9 Å². The maximum atomic E-state index is 11.8. The van der Waals surface area contributed by atoms with Gasteiger partial charge in [-0.3, -0.25) is 4.79 Å². The van der Waals surface area contributed by atoms with Crippen LogP contribution in [0.15, 0.2) is 5.38 Å². The lowest BCUT2D eigenvalue weighted by Gasteiger charge is -2.14. The van der Waals surface area contributed by atoms with E-state index in [1.165, 1.54) is 0 Å². The fourth-order valence-electron chi connectivity index (χ4n) is 1.49. The van der Waals surface area contributed by atoms with Crippen LogP contribution < -0.4 is 5.32 Å². The van der Waals surface area contributed by atoms with Crippen LogP contribution in [-0.2, 0) is 16.6 Å². The van der Waals surface area contributed by atoms with Gasteiger partial charge in [-0.05, 0) is 0 Å². The number of Topliss-reactive ketones (excluding diaryl/α,β-unsaturated/α-hetero) is 1. The lowest BCUT2D eigenvalue weighted by molar-refractivity contribution is -0.118. The van der Waals surface area contributed by atoms with Gasteiger partial charge < -0.3 is 5.32 Å². The van der Waals surface area contributed by atoms with Gasteiger partial charge in [0, 0.05) is 29.8 Å². The third-order valence-corrected chi connectivity index (χ3v) is 3.47. The number of ketones is 1. The first kappa shape index (κ1) is 15.3. The summed E-state index contributed by atoms with van der Waals surface area (Å²) in [4.78, 5) is 16.3. The van der Waals surface area contributed by atoms with E-state index in [4.69, 9.17) is 0 Å². The minimum Gasteiger partial charge on any atom is -0.314 e. The van der Waals surface area contributed by atoms with Crippen LogP contribution in [-0.4, -0.2) is 23.4 Å². The van der Waals surface area contributed by atoms with E-state index >= 15 is 0 Å². The number of nitrogens with one attached hydrogen (secondary N) is 1. The van der Waals surface area contributed by atoms with E-state index in [1.807, 2.05) is 0 Å². The molecule has 1 rings (SSSR count). The lowest BCUT2D eigenvalue weighted by atomic mass is 9.93. The highest BCUT2D eigenvalue weighted by atomic mass is 32.1. The third-order valence-electron chi connectivity index (χ3n) is 2.62. The fraction of sp³-hybridized carbons (Fsp3) is 0.714. The molecule has 18 heavy (non-hydrogen) atoms. The second-order valence-electron chi connectivity index (χ2n) is 5.95. The van der Waals surface area contributed by atoms with Gasteiger partial charge in [-0.1, -0.05) is 34.6 Å². The molecule has 0 bridgehead atoms. The number of carbonyl (C=O) groups excluding carboxylic acids is 1. The van der Waals surface area contributed by atoms with E-state index in [-0.39, 0.29) is 11.2 Å². The molecule has 0 aliphatic heterocycles. The number of thiazole rings is 1. The summed E-state index contributed by atoms with van der Waals surface area (Å²) in [5, 5.41) is 6.26. The van der Waals surface area contributed by atoms with Crippen molar-refractivity contribution in [2.75, 3.05) is 6.54 Å². The van der Waals surface area contributed by atoms with Gasteiger partial charge in [0.25, 0.3) is 0 Å². The zero-order chi connectivity index (χ0) is 13.8. The molecule has 0 spiro atoms. The Morgan fingerprint density at radius 3 is 2.61 bits per heavy atom. The molecule has 3 nitrogen and oxygen atoms in total. The Kier molecular flexibility index (Phi) is 5.47. The largest absolute Gasteiger partial charge is 0.314 e. The molecule has 0 aliphatic rings. The average molecular weight is 268 g/mol. The Morgan fingerprint density at radius 1 is 1.44 bits per heavy atom. The van der Waals surface area contributed by atoms with Crippen LogP contribution in [0.3, 0.4) is 0 Å². The van der Waals surface area contributed by atoms with E-state index < -0.39 is 0 Å². The van der Waals surface area contributed by atoms with E-state index in [1.54, 1.807) is 11.3 Å². The number of nitrogens with zero attached hydrogens (tertiary/aromatic N) is 1. The number of hydrogen-bond donors (Lipinski definition) is 1. The van der Waals surface area contributed by atoms with E-state index in [9.17, 15) is 4.79 Å². The number of aromatic nitrogens is 1. The van der Waals surface area contributed by atoms with Gasteiger partial charge in [0.15, 0.2) is 0 Å². The number of carbonyl (C=O) groups is 1. The summed E-state index contributed by atoms with van der Waals surface area (Å²) in [5.41, 5.74) is 1.15. The summed E-state index contributed by atoms with van der Waals surface area (Å²) < 4.78 is 0. The van der Waals surface area contributed by atoms with Crippen molar-refractivity contribution >= 4 is 17.1 Å². The zero-order valence-corrected chi connectivity index (χ0v) is 12.9. The summed E-state index contributed by atoms with van der Waals surface area (Å²) in [5.74, 6) is 0.262. The highest BCUT2D eigenvalue weighted by Gasteiger charge is 2.18. The van der Waals surface area contributed by atoms with Crippen LogP contribution in [0.5, 0.6) is 0 Å². The number of rotatable bonds is 6. The molecule has 1 N–H and O–H groups in total. The van der Waals surface area contributed by atoms with Crippen LogP contribution in [0.1, 0.15) is 51.7 Å². The Labute approximate surface area is 114 Å². The molecule has 102 valence electrons. The summed E-state index contributed by atoms with van der Waals surface area (Å²) in [7, 11) is 0. The minimum atomic E-state index is 0.0665. The Balaban J connectivity index is 2.43. The quantitative estimate of drug-likeness (QED) is 0.862. The van der Waals surface area contributed by atoms with Crippen LogP contribution >= 0.6 is 11.3 Å². The minimum absolute atomic E-state index is 0.0665. The van der Waals surface area contributed by atoms with Gasteiger partial charge in [-0.25, -0.2) is 4.98 Å². The predicted octanol–water partition coefficient (Wildman–Crippen LogP) is 2.94. The van der Waals surface area contributed by atoms with Gasteiger partial charge >= 0.3 is 0 Å². The molecule has 0 saturated carbocycles. The topological polar surface area (TPSA) is 42.0 Å². The first-order chi connectivity index (χ1) is 8.29. The smallest absolute Gasteiger partial charge is 0.140 e.